The Balaban J connectivity index is 1.59. The van der Waals surface area contributed by atoms with E-state index >= 15 is 0 Å². The average molecular weight is 344 g/mol. The molecule has 3 aromatic heterocycles. The van der Waals surface area contributed by atoms with Crippen molar-refractivity contribution in [2.24, 2.45) is 13.0 Å². The summed E-state index contributed by atoms with van der Waals surface area (Å²) < 4.78 is 2.16. The first kappa shape index (κ1) is 15.2. The Bertz CT molecular complexity index is 1160. The molecule has 2 N–H and O–H groups in total. The zero-order valence-corrected chi connectivity index (χ0v) is 14.8. The number of hydrogen-bond donors (Lipinski definition) is 2. The Morgan fingerprint density at radius 2 is 2.08 bits per heavy atom. The fraction of sp³-hybridized carbons (Fsp3) is 0.238. The van der Waals surface area contributed by atoms with Crippen LogP contribution >= 0.6 is 0 Å². The summed E-state index contributed by atoms with van der Waals surface area (Å²) in [6.45, 7) is 2.13. The zero-order valence-electron chi connectivity index (χ0n) is 14.8. The number of carbonyl (C=O) groups excluding carboxylic acids is 1. The molecule has 0 aliphatic heterocycles. The summed E-state index contributed by atoms with van der Waals surface area (Å²) in [5.41, 5.74) is 5.78. The van der Waals surface area contributed by atoms with E-state index in [1.807, 2.05) is 18.5 Å². The van der Waals surface area contributed by atoms with Gasteiger partial charge >= 0.3 is 0 Å². The molecule has 0 atom stereocenters. The van der Waals surface area contributed by atoms with E-state index in [9.17, 15) is 4.79 Å². The van der Waals surface area contributed by atoms with Crippen LogP contribution in [0.2, 0.25) is 0 Å². The Labute approximate surface area is 151 Å². The largest absolute Gasteiger partial charge is 0.361 e. The summed E-state index contributed by atoms with van der Waals surface area (Å²) in [5.74, 6) is 0.890. The van der Waals surface area contributed by atoms with Crippen molar-refractivity contribution < 1.29 is 4.79 Å². The first-order valence-electron chi connectivity index (χ1n) is 8.94. The number of fused-ring (bicyclic) bond motifs is 2. The first-order chi connectivity index (χ1) is 12.6. The van der Waals surface area contributed by atoms with Crippen molar-refractivity contribution in [3.05, 3.63) is 48.3 Å². The molecule has 1 aliphatic rings. The van der Waals surface area contributed by atoms with E-state index in [1.165, 1.54) is 16.5 Å². The highest BCUT2D eigenvalue weighted by atomic mass is 16.2. The van der Waals surface area contributed by atoms with Gasteiger partial charge in [-0.15, -0.1) is 0 Å². The molecule has 5 rings (SSSR count). The highest BCUT2D eigenvalue weighted by Crippen LogP contribution is 2.33. The lowest BCUT2D eigenvalue weighted by atomic mass is 10.0. The second-order valence-corrected chi connectivity index (χ2v) is 7.21. The number of rotatable bonds is 3. The highest BCUT2D eigenvalue weighted by Gasteiger charge is 2.29. The molecule has 3 heterocycles. The molecule has 0 radical (unpaired) electrons. The summed E-state index contributed by atoms with van der Waals surface area (Å²) in [4.78, 5) is 19.7. The van der Waals surface area contributed by atoms with Gasteiger partial charge in [0.2, 0.25) is 5.91 Å². The van der Waals surface area contributed by atoms with Crippen LogP contribution in [0.1, 0.15) is 18.4 Å². The molecule has 4 aromatic rings. The van der Waals surface area contributed by atoms with Gasteiger partial charge in [-0.2, -0.15) is 0 Å². The predicted molar refractivity (Wildman–Crippen MR) is 104 cm³/mol. The van der Waals surface area contributed by atoms with Crippen LogP contribution in [0.15, 0.2) is 42.7 Å². The molecule has 130 valence electrons. The van der Waals surface area contributed by atoms with Crippen LogP contribution in [0.4, 0.5) is 5.82 Å². The van der Waals surface area contributed by atoms with Crippen LogP contribution in [0.25, 0.3) is 33.1 Å². The second-order valence-electron chi connectivity index (χ2n) is 7.21. The van der Waals surface area contributed by atoms with Crippen LogP contribution in [0.5, 0.6) is 0 Å². The molecular formula is C21H20N4O. The first-order valence-corrected chi connectivity index (χ1v) is 8.94. The predicted octanol–water partition coefficient (Wildman–Crippen LogP) is 4.38. The van der Waals surface area contributed by atoms with Gasteiger partial charge < -0.3 is 14.9 Å². The fourth-order valence-electron chi connectivity index (χ4n) is 3.62. The maximum absolute atomic E-state index is 12.0. The van der Waals surface area contributed by atoms with Gasteiger partial charge in [0, 0.05) is 46.7 Å². The van der Waals surface area contributed by atoms with Crippen molar-refractivity contribution in [2.45, 2.75) is 19.8 Å². The molecule has 1 aromatic carbocycles. The van der Waals surface area contributed by atoms with E-state index in [0.29, 0.717) is 5.82 Å². The molecule has 0 saturated heterocycles. The van der Waals surface area contributed by atoms with Gasteiger partial charge in [-0.05, 0) is 55.7 Å². The van der Waals surface area contributed by atoms with Crippen LogP contribution in [0.3, 0.4) is 0 Å². The third-order valence-electron chi connectivity index (χ3n) is 5.30. The molecular weight excluding hydrogens is 324 g/mol. The lowest BCUT2D eigenvalue weighted by Gasteiger charge is -2.08. The lowest BCUT2D eigenvalue weighted by Crippen LogP contribution is -2.14. The Hall–Kier alpha value is -3.08. The van der Waals surface area contributed by atoms with E-state index in [-0.39, 0.29) is 11.8 Å². The van der Waals surface area contributed by atoms with E-state index in [1.54, 1.807) is 0 Å². The van der Waals surface area contributed by atoms with E-state index in [0.717, 1.165) is 35.0 Å². The van der Waals surface area contributed by atoms with E-state index < -0.39 is 0 Å². The Kier molecular flexibility index (Phi) is 3.19. The van der Waals surface area contributed by atoms with Gasteiger partial charge in [-0.25, -0.2) is 4.98 Å². The quantitative estimate of drug-likeness (QED) is 0.579. The molecule has 1 fully saturated rings. The van der Waals surface area contributed by atoms with Gasteiger partial charge in [-0.1, -0.05) is 0 Å². The third-order valence-corrected chi connectivity index (χ3v) is 5.30. The minimum atomic E-state index is 0.0850. The number of carbonyl (C=O) groups is 1. The Morgan fingerprint density at radius 1 is 1.23 bits per heavy atom. The number of H-pyrrole nitrogens is 1. The molecule has 5 nitrogen and oxygen atoms in total. The Morgan fingerprint density at radius 3 is 2.88 bits per heavy atom. The third kappa shape index (κ3) is 2.39. The van der Waals surface area contributed by atoms with Crippen molar-refractivity contribution in [3.8, 4) is 11.3 Å². The van der Waals surface area contributed by atoms with Crippen molar-refractivity contribution in [3.63, 3.8) is 0 Å². The van der Waals surface area contributed by atoms with Gasteiger partial charge in [-0.3, -0.25) is 4.79 Å². The number of amides is 1. The maximum atomic E-state index is 12.0. The summed E-state index contributed by atoms with van der Waals surface area (Å²) in [5, 5.41) is 5.21. The molecule has 0 spiro atoms. The minimum absolute atomic E-state index is 0.0850. The molecule has 0 unspecified atom stereocenters. The number of benzene rings is 1. The van der Waals surface area contributed by atoms with Gasteiger partial charge in [0.05, 0.1) is 11.7 Å². The highest BCUT2D eigenvalue weighted by molar-refractivity contribution is 5.96. The normalized spacial score (nSPS) is 14.2. The van der Waals surface area contributed by atoms with Gasteiger partial charge in [0.25, 0.3) is 0 Å². The van der Waals surface area contributed by atoms with Crippen molar-refractivity contribution in [2.75, 3.05) is 5.32 Å². The summed E-state index contributed by atoms with van der Waals surface area (Å²) in [6.07, 6.45) is 5.79. The van der Waals surface area contributed by atoms with Gasteiger partial charge in [0.15, 0.2) is 0 Å². The number of aryl methyl sites for hydroxylation is 2. The smallest absolute Gasteiger partial charge is 0.228 e. The van der Waals surface area contributed by atoms with Crippen LogP contribution in [0, 0.1) is 12.8 Å². The number of aromatic nitrogens is 3. The molecule has 26 heavy (non-hydrogen) atoms. The number of anilines is 1. The molecule has 1 saturated carbocycles. The van der Waals surface area contributed by atoms with Crippen LogP contribution in [-0.2, 0) is 11.8 Å². The number of nitrogens with zero attached hydrogens (tertiary/aromatic N) is 2. The van der Waals surface area contributed by atoms with Crippen molar-refractivity contribution >= 4 is 33.5 Å². The van der Waals surface area contributed by atoms with Crippen molar-refractivity contribution in [1.29, 1.82) is 0 Å². The second kappa shape index (κ2) is 5.46. The maximum Gasteiger partial charge on any atom is 0.228 e. The summed E-state index contributed by atoms with van der Waals surface area (Å²) in [7, 11) is 2.06. The monoisotopic (exact) mass is 344 g/mol. The number of nitrogens with one attached hydrogen (secondary N) is 2. The minimum Gasteiger partial charge on any atom is -0.361 e. The molecule has 1 aliphatic carbocycles. The van der Waals surface area contributed by atoms with E-state index in [2.05, 4.69) is 58.1 Å². The van der Waals surface area contributed by atoms with E-state index in [4.69, 9.17) is 0 Å². The fourth-order valence-corrected chi connectivity index (χ4v) is 3.62. The standard InChI is InChI=1S/C21H20N4O/c1-12-7-17-14(5-6-22-17)8-16(12)18-9-15-10-20(23-11-19(15)25(18)2)24-21(26)13-3-4-13/h5-11,13,22H,3-4H2,1-2H3,(H,23,24,26). The van der Waals surface area contributed by atoms with Crippen LogP contribution < -0.4 is 5.32 Å². The average Bonchev–Trinajstić information content (AvgIpc) is 3.30. The van der Waals surface area contributed by atoms with Crippen LogP contribution in [-0.4, -0.2) is 20.4 Å². The zero-order chi connectivity index (χ0) is 17.8. The number of pyridine rings is 1. The number of aromatic amines is 1. The topological polar surface area (TPSA) is 62.7 Å². The summed E-state index contributed by atoms with van der Waals surface area (Å²) >= 11 is 0. The molecule has 1 amide bonds. The van der Waals surface area contributed by atoms with Gasteiger partial charge in [0.1, 0.15) is 5.82 Å². The summed E-state index contributed by atoms with van der Waals surface area (Å²) in [6, 6.07) is 10.6. The lowest BCUT2D eigenvalue weighted by molar-refractivity contribution is -0.117. The number of hydrogen-bond acceptors (Lipinski definition) is 2. The SMILES string of the molecule is Cc1cc2[nH]ccc2cc1-c1cc2cc(NC(=O)C3CC3)ncc2n1C. The molecule has 0 bridgehead atoms. The molecule has 5 heteroatoms. The van der Waals surface area contributed by atoms with Crippen molar-refractivity contribution in [1.82, 2.24) is 14.5 Å².